The lowest BCUT2D eigenvalue weighted by atomic mass is 10.1. The van der Waals surface area contributed by atoms with E-state index in [0.29, 0.717) is 6.54 Å². The maximum atomic E-state index is 5.33. The molecule has 0 radical (unpaired) electrons. The summed E-state index contributed by atoms with van der Waals surface area (Å²) in [6.07, 6.45) is 0.923. The van der Waals surface area contributed by atoms with Gasteiger partial charge in [-0.05, 0) is 61.2 Å². The van der Waals surface area contributed by atoms with E-state index in [1.54, 1.807) is 14.2 Å². The van der Waals surface area contributed by atoms with Crippen LogP contribution in [0.1, 0.15) is 23.6 Å². The van der Waals surface area contributed by atoms with Crippen LogP contribution in [0.5, 0.6) is 11.5 Å². The zero-order chi connectivity index (χ0) is 18.8. The predicted molar refractivity (Wildman–Crippen MR) is 107 cm³/mol. The number of rotatable bonds is 8. The number of hydrogen-bond donors (Lipinski definition) is 2. The van der Waals surface area contributed by atoms with Crippen LogP contribution in [0.2, 0.25) is 0 Å². The van der Waals surface area contributed by atoms with Crippen molar-refractivity contribution >= 4 is 5.96 Å². The topological polar surface area (TPSA) is 54.9 Å². The number of hydrogen-bond acceptors (Lipinski definition) is 3. The highest BCUT2D eigenvalue weighted by Crippen LogP contribution is 2.17. The van der Waals surface area contributed by atoms with Crippen molar-refractivity contribution in [3.05, 3.63) is 59.2 Å². The minimum atomic E-state index is 0.607. The van der Waals surface area contributed by atoms with Gasteiger partial charge in [-0.3, -0.25) is 0 Å². The lowest BCUT2D eigenvalue weighted by Crippen LogP contribution is -2.38. The first kappa shape index (κ1) is 19.6. The van der Waals surface area contributed by atoms with Crippen molar-refractivity contribution in [2.75, 3.05) is 27.3 Å². The molecule has 0 heterocycles. The lowest BCUT2D eigenvalue weighted by molar-refractivity contribution is 0.414. The molecule has 2 N–H and O–H groups in total. The molecule has 2 aromatic carbocycles. The molecule has 0 saturated heterocycles. The molecule has 0 aromatic heterocycles. The summed E-state index contributed by atoms with van der Waals surface area (Å²) in [5.74, 6) is 2.57. The van der Waals surface area contributed by atoms with Crippen LogP contribution in [0.3, 0.4) is 0 Å². The summed E-state index contributed by atoms with van der Waals surface area (Å²) in [7, 11) is 3.37. The van der Waals surface area contributed by atoms with Crippen molar-refractivity contribution in [3.63, 3.8) is 0 Å². The number of nitrogens with zero attached hydrogens (tertiary/aromatic N) is 1. The van der Waals surface area contributed by atoms with Crippen LogP contribution < -0.4 is 20.1 Å². The third kappa shape index (κ3) is 6.31. The summed E-state index contributed by atoms with van der Waals surface area (Å²) in [5.41, 5.74) is 3.57. The molecular weight excluding hydrogens is 326 g/mol. The number of nitrogens with one attached hydrogen (secondary N) is 2. The predicted octanol–water partition coefficient (Wildman–Crippen LogP) is 3.31. The van der Waals surface area contributed by atoms with E-state index >= 15 is 0 Å². The fourth-order valence-corrected chi connectivity index (χ4v) is 2.66. The summed E-state index contributed by atoms with van der Waals surface area (Å²) in [4.78, 5) is 4.68. The summed E-state index contributed by atoms with van der Waals surface area (Å²) in [6, 6.07) is 14.3. The highest BCUT2D eigenvalue weighted by atomic mass is 16.5. The Morgan fingerprint density at radius 2 is 1.65 bits per heavy atom. The highest BCUT2D eigenvalue weighted by molar-refractivity contribution is 5.79. The second kappa shape index (κ2) is 10.3. The van der Waals surface area contributed by atoms with Gasteiger partial charge in [-0.2, -0.15) is 0 Å². The van der Waals surface area contributed by atoms with Gasteiger partial charge in [-0.25, -0.2) is 4.99 Å². The molecule has 0 fully saturated rings. The van der Waals surface area contributed by atoms with Crippen molar-refractivity contribution in [1.82, 2.24) is 10.6 Å². The molecule has 0 aliphatic heterocycles. The van der Waals surface area contributed by atoms with Crippen LogP contribution in [-0.4, -0.2) is 33.3 Å². The number of benzene rings is 2. The van der Waals surface area contributed by atoms with Crippen molar-refractivity contribution < 1.29 is 9.47 Å². The Kier molecular flexibility index (Phi) is 7.80. The van der Waals surface area contributed by atoms with Crippen molar-refractivity contribution in [3.8, 4) is 11.5 Å². The molecule has 0 bridgehead atoms. The van der Waals surface area contributed by atoms with Crippen LogP contribution >= 0.6 is 0 Å². The number of ether oxygens (including phenoxy) is 2. The maximum absolute atomic E-state index is 5.33. The standard InChI is InChI=1S/C21H29N3O2/c1-5-22-21(23-11-10-17-6-8-19(25-3)9-7-17)24-15-18-12-16(2)13-20(14-18)26-4/h6-9,12-14H,5,10-11,15H2,1-4H3,(H2,22,23,24). The van der Waals surface area contributed by atoms with Crippen LogP contribution in [0, 0.1) is 6.92 Å². The van der Waals surface area contributed by atoms with Crippen molar-refractivity contribution in [1.29, 1.82) is 0 Å². The van der Waals surface area contributed by atoms with Crippen molar-refractivity contribution in [2.24, 2.45) is 4.99 Å². The van der Waals surface area contributed by atoms with Crippen LogP contribution in [0.15, 0.2) is 47.5 Å². The smallest absolute Gasteiger partial charge is 0.191 e. The van der Waals surface area contributed by atoms with Gasteiger partial charge in [-0.15, -0.1) is 0 Å². The Morgan fingerprint density at radius 3 is 2.31 bits per heavy atom. The first-order valence-corrected chi connectivity index (χ1v) is 8.94. The molecular formula is C21H29N3O2. The van der Waals surface area contributed by atoms with Gasteiger partial charge < -0.3 is 20.1 Å². The van der Waals surface area contributed by atoms with Gasteiger partial charge in [0.15, 0.2) is 5.96 Å². The average molecular weight is 355 g/mol. The zero-order valence-electron chi connectivity index (χ0n) is 16.1. The van der Waals surface area contributed by atoms with Gasteiger partial charge in [0.05, 0.1) is 20.8 Å². The van der Waals surface area contributed by atoms with E-state index in [0.717, 1.165) is 42.5 Å². The van der Waals surface area contributed by atoms with Gasteiger partial charge in [0, 0.05) is 13.1 Å². The Balaban J connectivity index is 1.92. The largest absolute Gasteiger partial charge is 0.497 e. The zero-order valence-corrected chi connectivity index (χ0v) is 16.1. The Bertz CT molecular complexity index is 712. The first-order valence-electron chi connectivity index (χ1n) is 8.94. The molecule has 0 spiro atoms. The van der Waals surface area contributed by atoms with Crippen LogP contribution in [-0.2, 0) is 13.0 Å². The van der Waals surface area contributed by atoms with Gasteiger partial charge in [-0.1, -0.05) is 18.2 Å². The summed E-state index contributed by atoms with van der Waals surface area (Å²) in [5, 5.41) is 6.68. The van der Waals surface area contributed by atoms with E-state index in [1.807, 2.05) is 24.3 Å². The lowest BCUT2D eigenvalue weighted by Gasteiger charge is -2.12. The van der Waals surface area contributed by atoms with Gasteiger partial charge >= 0.3 is 0 Å². The summed E-state index contributed by atoms with van der Waals surface area (Å²) >= 11 is 0. The normalized spacial score (nSPS) is 11.2. The molecule has 0 aliphatic carbocycles. The number of aliphatic imine (C=N–C) groups is 1. The Hall–Kier alpha value is -2.69. The fourth-order valence-electron chi connectivity index (χ4n) is 2.66. The second-order valence-corrected chi connectivity index (χ2v) is 6.08. The molecule has 2 rings (SSSR count). The molecule has 0 aliphatic rings. The molecule has 5 heteroatoms. The molecule has 5 nitrogen and oxygen atoms in total. The van der Waals surface area contributed by atoms with Crippen molar-refractivity contribution in [2.45, 2.75) is 26.8 Å². The van der Waals surface area contributed by atoms with Crippen LogP contribution in [0.4, 0.5) is 0 Å². The molecule has 140 valence electrons. The van der Waals surface area contributed by atoms with E-state index in [4.69, 9.17) is 9.47 Å². The third-order valence-corrected chi connectivity index (χ3v) is 3.98. The van der Waals surface area contributed by atoms with Gasteiger partial charge in [0.2, 0.25) is 0 Å². The number of methoxy groups -OCH3 is 2. The minimum Gasteiger partial charge on any atom is -0.497 e. The molecule has 26 heavy (non-hydrogen) atoms. The Labute approximate surface area is 156 Å². The third-order valence-electron chi connectivity index (χ3n) is 3.98. The highest BCUT2D eigenvalue weighted by Gasteiger charge is 2.01. The summed E-state index contributed by atoms with van der Waals surface area (Å²) < 4.78 is 10.5. The summed E-state index contributed by atoms with van der Waals surface area (Å²) in [6.45, 7) is 6.38. The minimum absolute atomic E-state index is 0.607. The van der Waals surface area contributed by atoms with Gasteiger partial charge in [0.1, 0.15) is 11.5 Å². The molecule has 0 saturated carbocycles. The molecule has 0 amide bonds. The van der Waals surface area contributed by atoms with E-state index in [9.17, 15) is 0 Å². The average Bonchev–Trinajstić information content (AvgIpc) is 2.66. The second-order valence-electron chi connectivity index (χ2n) is 6.08. The SMILES string of the molecule is CCNC(=NCc1cc(C)cc(OC)c1)NCCc1ccc(OC)cc1. The number of aryl methyl sites for hydroxylation is 1. The molecule has 0 atom stereocenters. The van der Waals surface area contributed by atoms with E-state index < -0.39 is 0 Å². The van der Waals surface area contributed by atoms with Gasteiger partial charge in [0.25, 0.3) is 0 Å². The van der Waals surface area contributed by atoms with E-state index in [1.165, 1.54) is 11.1 Å². The molecule has 2 aromatic rings. The fraction of sp³-hybridized carbons (Fsp3) is 0.381. The number of guanidine groups is 1. The molecule has 0 unspecified atom stereocenters. The monoisotopic (exact) mass is 355 g/mol. The first-order chi connectivity index (χ1) is 12.6. The quantitative estimate of drug-likeness (QED) is 0.563. The maximum Gasteiger partial charge on any atom is 0.191 e. The van der Waals surface area contributed by atoms with E-state index in [2.05, 4.69) is 47.7 Å². The van der Waals surface area contributed by atoms with E-state index in [-0.39, 0.29) is 0 Å². The Morgan fingerprint density at radius 1 is 0.923 bits per heavy atom. The van der Waals surface area contributed by atoms with Crippen LogP contribution in [0.25, 0.3) is 0 Å².